The summed E-state index contributed by atoms with van der Waals surface area (Å²) >= 11 is 5.94. The summed E-state index contributed by atoms with van der Waals surface area (Å²) in [6.45, 7) is 1.42. The minimum absolute atomic E-state index is 0.0161. The van der Waals surface area contributed by atoms with Crippen LogP contribution >= 0.6 is 11.6 Å². The van der Waals surface area contributed by atoms with Crippen LogP contribution in [0.3, 0.4) is 0 Å². The minimum Gasteiger partial charge on any atom is -0.467 e. The lowest BCUT2D eigenvalue weighted by Gasteiger charge is -2.23. The molecule has 2 aromatic rings. The number of anilines is 1. The fourth-order valence-electron chi connectivity index (χ4n) is 2.12. The number of esters is 1. The molecule has 12 heteroatoms. The Kier molecular flexibility index (Phi) is 5.92. The molecule has 144 valence electrons. The van der Waals surface area contributed by atoms with E-state index in [0.717, 1.165) is 15.9 Å². The Hall–Kier alpha value is -2.84. The fourth-order valence-corrected chi connectivity index (χ4v) is 2.36. The molecule has 0 fully saturated rings. The largest absolute Gasteiger partial charge is 0.467 e. The third-order valence-electron chi connectivity index (χ3n) is 3.36. The van der Waals surface area contributed by atoms with Crippen LogP contribution in [-0.4, -0.2) is 41.0 Å². The minimum atomic E-state index is -4.62. The standard InChI is InChI=1S/C15H13ClF3N5O3/c1-8(14(25)26-3)27-23(2)13-9(5-20)6-22-24(13)12-11(16)4-10(7-21-12)15(17,18)19/h4,6-8H,1-3H3. The van der Waals surface area contributed by atoms with Crippen LogP contribution in [0.15, 0.2) is 18.5 Å². The lowest BCUT2D eigenvalue weighted by Crippen LogP contribution is -2.32. The van der Waals surface area contributed by atoms with Gasteiger partial charge in [-0.05, 0) is 13.0 Å². The number of pyridine rings is 1. The summed E-state index contributed by atoms with van der Waals surface area (Å²) in [6, 6.07) is 2.56. The number of rotatable bonds is 5. The number of aromatic nitrogens is 3. The quantitative estimate of drug-likeness (QED) is 0.559. The van der Waals surface area contributed by atoms with Crippen molar-refractivity contribution in [2.24, 2.45) is 0 Å². The number of nitriles is 1. The van der Waals surface area contributed by atoms with Crippen molar-refractivity contribution in [1.29, 1.82) is 5.26 Å². The summed E-state index contributed by atoms with van der Waals surface area (Å²) in [5.41, 5.74) is -1.01. The third kappa shape index (κ3) is 4.29. The predicted molar refractivity (Wildman–Crippen MR) is 87.1 cm³/mol. The van der Waals surface area contributed by atoms with Crippen LogP contribution in [0.1, 0.15) is 18.1 Å². The summed E-state index contributed by atoms with van der Waals surface area (Å²) in [6.07, 6.45) is -3.88. The van der Waals surface area contributed by atoms with E-state index in [1.807, 2.05) is 6.07 Å². The Balaban J connectivity index is 2.47. The molecular formula is C15H13ClF3N5O3. The van der Waals surface area contributed by atoms with Gasteiger partial charge in [0.1, 0.15) is 11.6 Å². The Morgan fingerprint density at radius 1 is 1.44 bits per heavy atom. The number of hydroxylamine groups is 1. The molecule has 8 nitrogen and oxygen atoms in total. The topological polar surface area (TPSA) is 93.3 Å². The second-order valence-electron chi connectivity index (χ2n) is 5.20. The molecule has 0 bridgehead atoms. The summed E-state index contributed by atoms with van der Waals surface area (Å²) in [5, 5.41) is 13.9. The number of methoxy groups -OCH3 is 1. The van der Waals surface area contributed by atoms with Gasteiger partial charge in [0.25, 0.3) is 0 Å². The van der Waals surface area contributed by atoms with Crippen molar-refractivity contribution in [3.05, 3.63) is 34.6 Å². The van der Waals surface area contributed by atoms with E-state index in [4.69, 9.17) is 16.4 Å². The molecule has 0 aliphatic carbocycles. The van der Waals surface area contributed by atoms with Crippen molar-refractivity contribution in [3.63, 3.8) is 0 Å². The first-order chi connectivity index (χ1) is 12.6. The van der Waals surface area contributed by atoms with E-state index in [9.17, 15) is 23.2 Å². The van der Waals surface area contributed by atoms with Gasteiger partial charge in [0.05, 0.1) is 23.9 Å². The number of carbonyl (C=O) groups excluding carboxylic acids is 1. The van der Waals surface area contributed by atoms with E-state index < -0.39 is 23.8 Å². The van der Waals surface area contributed by atoms with Crippen LogP contribution in [0, 0.1) is 11.3 Å². The van der Waals surface area contributed by atoms with E-state index in [1.165, 1.54) is 21.1 Å². The summed E-state index contributed by atoms with van der Waals surface area (Å²) in [7, 11) is 2.56. The number of hydrogen-bond acceptors (Lipinski definition) is 7. The predicted octanol–water partition coefficient (Wildman–Crippen LogP) is 2.74. The summed E-state index contributed by atoms with van der Waals surface area (Å²) < 4.78 is 43.9. The second-order valence-corrected chi connectivity index (χ2v) is 5.61. The number of halogens is 4. The van der Waals surface area contributed by atoms with Crippen molar-refractivity contribution in [3.8, 4) is 11.9 Å². The van der Waals surface area contributed by atoms with E-state index in [1.54, 1.807) is 0 Å². The first-order valence-electron chi connectivity index (χ1n) is 7.29. The Morgan fingerprint density at radius 3 is 2.63 bits per heavy atom. The molecule has 0 spiro atoms. The maximum atomic E-state index is 12.8. The molecule has 27 heavy (non-hydrogen) atoms. The monoisotopic (exact) mass is 403 g/mol. The van der Waals surface area contributed by atoms with Crippen LogP contribution in [0.25, 0.3) is 5.82 Å². The summed E-state index contributed by atoms with van der Waals surface area (Å²) in [5.74, 6) is -0.804. The maximum Gasteiger partial charge on any atom is 0.417 e. The van der Waals surface area contributed by atoms with Gasteiger partial charge in [0.2, 0.25) is 0 Å². The lowest BCUT2D eigenvalue weighted by atomic mass is 10.3. The molecule has 0 saturated heterocycles. The second kappa shape index (κ2) is 7.81. The molecule has 2 rings (SSSR count). The SMILES string of the molecule is COC(=O)C(C)ON(C)c1c(C#N)cnn1-c1ncc(C(F)(F)F)cc1Cl. The first-order valence-corrected chi connectivity index (χ1v) is 7.67. The van der Waals surface area contributed by atoms with Crippen molar-refractivity contribution < 1.29 is 27.5 Å². The molecule has 1 atom stereocenters. The lowest BCUT2D eigenvalue weighted by molar-refractivity contribution is -0.153. The maximum absolute atomic E-state index is 12.8. The molecule has 0 aliphatic heterocycles. The normalized spacial score (nSPS) is 12.4. The van der Waals surface area contributed by atoms with Crippen LogP contribution in [0.4, 0.5) is 19.0 Å². The Labute approximate surface area is 156 Å². The average Bonchev–Trinajstić information content (AvgIpc) is 3.03. The van der Waals surface area contributed by atoms with Gasteiger partial charge in [0.15, 0.2) is 17.7 Å². The smallest absolute Gasteiger partial charge is 0.417 e. The van der Waals surface area contributed by atoms with Gasteiger partial charge in [-0.1, -0.05) is 11.6 Å². The van der Waals surface area contributed by atoms with E-state index in [2.05, 4.69) is 14.8 Å². The van der Waals surface area contributed by atoms with Gasteiger partial charge in [-0.3, -0.25) is 4.84 Å². The molecule has 1 unspecified atom stereocenters. The molecule has 2 heterocycles. The Bertz CT molecular complexity index is 894. The van der Waals surface area contributed by atoms with Gasteiger partial charge < -0.3 is 4.74 Å². The van der Waals surface area contributed by atoms with E-state index in [0.29, 0.717) is 12.3 Å². The van der Waals surface area contributed by atoms with Gasteiger partial charge in [-0.25, -0.2) is 14.8 Å². The first kappa shape index (κ1) is 20.5. The number of hydrogen-bond donors (Lipinski definition) is 0. The zero-order valence-corrected chi connectivity index (χ0v) is 15.0. The van der Waals surface area contributed by atoms with Crippen molar-refractivity contribution >= 4 is 23.4 Å². The highest BCUT2D eigenvalue weighted by molar-refractivity contribution is 6.32. The zero-order chi connectivity index (χ0) is 20.4. The molecule has 2 aromatic heterocycles. The highest BCUT2D eigenvalue weighted by Crippen LogP contribution is 2.33. The number of nitrogens with zero attached hydrogens (tertiary/aromatic N) is 5. The summed E-state index contributed by atoms with van der Waals surface area (Å²) in [4.78, 5) is 20.6. The van der Waals surface area contributed by atoms with Crippen molar-refractivity contribution in [2.75, 3.05) is 19.2 Å². The fraction of sp³-hybridized carbons (Fsp3) is 0.333. The highest BCUT2D eigenvalue weighted by Gasteiger charge is 2.32. The van der Waals surface area contributed by atoms with Crippen molar-refractivity contribution in [1.82, 2.24) is 14.8 Å². The van der Waals surface area contributed by atoms with Gasteiger partial charge in [-0.2, -0.15) is 28.2 Å². The van der Waals surface area contributed by atoms with E-state index >= 15 is 0 Å². The Morgan fingerprint density at radius 2 is 2.11 bits per heavy atom. The molecule has 0 aliphatic rings. The molecule has 0 saturated carbocycles. The van der Waals surface area contributed by atoms with Crippen LogP contribution < -0.4 is 5.06 Å². The third-order valence-corrected chi connectivity index (χ3v) is 3.64. The van der Waals surface area contributed by atoms with Gasteiger partial charge >= 0.3 is 12.1 Å². The van der Waals surface area contributed by atoms with Gasteiger partial charge in [-0.15, -0.1) is 0 Å². The average molecular weight is 404 g/mol. The molecule has 0 N–H and O–H groups in total. The van der Waals surface area contributed by atoms with Gasteiger partial charge in [0, 0.05) is 13.2 Å². The highest BCUT2D eigenvalue weighted by atomic mass is 35.5. The zero-order valence-electron chi connectivity index (χ0n) is 14.3. The van der Waals surface area contributed by atoms with E-state index in [-0.39, 0.29) is 22.2 Å². The molecular weight excluding hydrogens is 391 g/mol. The van der Waals surface area contributed by atoms with Crippen molar-refractivity contribution in [2.45, 2.75) is 19.2 Å². The molecule has 0 amide bonds. The number of alkyl halides is 3. The molecule has 0 radical (unpaired) electrons. The van der Waals surface area contributed by atoms with Crippen LogP contribution in [-0.2, 0) is 20.5 Å². The number of ether oxygens (including phenoxy) is 1. The number of carbonyl (C=O) groups is 1. The van der Waals surface area contributed by atoms with Crippen LogP contribution in [0.2, 0.25) is 5.02 Å². The van der Waals surface area contributed by atoms with Crippen LogP contribution in [0.5, 0.6) is 0 Å². The molecule has 0 aromatic carbocycles.